The van der Waals surface area contributed by atoms with E-state index in [0.717, 1.165) is 11.1 Å². The molecule has 4 aromatic heterocycles. The van der Waals surface area contributed by atoms with Crippen molar-refractivity contribution in [1.82, 2.24) is 28.9 Å². The van der Waals surface area contributed by atoms with E-state index in [1.807, 2.05) is 6.07 Å². The molecular formula is C72H68F4N10O10. The van der Waals surface area contributed by atoms with Crippen LogP contribution in [0.4, 0.5) is 51.9 Å². The predicted molar refractivity (Wildman–Crippen MR) is 352 cm³/mol. The van der Waals surface area contributed by atoms with Crippen LogP contribution in [0.25, 0.3) is 22.3 Å². The third-order valence-electron chi connectivity index (χ3n) is 19.2. The highest BCUT2D eigenvalue weighted by molar-refractivity contribution is 6.12. The van der Waals surface area contributed by atoms with Crippen LogP contribution < -0.4 is 31.6 Å². The molecule has 0 atom stereocenters. The van der Waals surface area contributed by atoms with E-state index >= 15 is 0 Å². The van der Waals surface area contributed by atoms with E-state index in [2.05, 4.69) is 20.6 Å². The Balaban J connectivity index is 0.000000174. The van der Waals surface area contributed by atoms with Crippen molar-refractivity contribution >= 4 is 64.3 Å². The van der Waals surface area contributed by atoms with Gasteiger partial charge in [-0.05, 0) is 133 Å². The van der Waals surface area contributed by atoms with Gasteiger partial charge in [0.25, 0.3) is 34.7 Å². The number of amides is 4. The molecule has 0 radical (unpaired) electrons. The predicted octanol–water partition coefficient (Wildman–Crippen LogP) is 9.63. The Morgan fingerprint density at radius 1 is 0.562 bits per heavy atom. The maximum absolute atomic E-state index is 13.8. The molecule has 4 aliphatic heterocycles. The normalized spacial score (nSPS) is 16.9. The summed E-state index contributed by atoms with van der Waals surface area (Å²) in [5.41, 5.74) is 6.03. The fourth-order valence-electron chi connectivity index (χ4n) is 13.3. The minimum atomic E-state index is -2.45. The molecular weight excluding hydrogens is 1240 g/mol. The first-order valence-electron chi connectivity index (χ1n) is 31.8. The van der Waals surface area contributed by atoms with Crippen LogP contribution in [0.3, 0.4) is 0 Å². The highest BCUT2D eigenvalue weighted by Crippen LogP contribution is 2.54. The van der Waals surface area contributed by atoms with Crippen LogP contribution in [0.2, 0.25) is 0 Å². The SMILES string of the molecule is Cn1cc(-c2cccc(N3CCc4cc(C5(C(F)F)CC5)ccc4C3=O)c2C=O)cc(Nc2ccc(C(=O)N3CCOCC3)cn2)c1=O.Cn1cc(-c2cccc(N3CCc4cc(C5(C(F)F)CC5)ccc4C3=O)c2CO)cc(Nc2ccc(C(=O)N3CCOCC3)cn2)c1=O. The molecule has 96 heavy (non-hydrogen) atoms. The maximum Gasteiger partial charge on any atom is 0.274 e. The quantitative estimate of drug-likeness (QED) is 0.0604. The van der Waals surface area contributed by atoms with Gasteiger partial charge in [-0.15, -0.1) is 0 Å². The van der Waals surface area contributed by atoms with Gasteiger partial charge in [-0.25, -0.2) is 27.5 Å². The second kappa shape index (κ2) is 26.6. The summed E-state index contributed by atoms with van der Waals surface area (Å²) in [6, 6.07) is 30.5. The summed E-state index contributed by atoms with van der Waals surface area (Å²) >= 11 is 0. The monoisotopic (exact) mass is 1310 g/mol. The number of pyridine rings is 4. The molecule has 3 N–H and O–H groups in total. The molecule has 4 aromatic carbocycles. The number of anilines is 6. The fraction of sp³-hybridized carbons (Fsp3) is 0.319. The number of hydrogen-bond acceptors (Lipinski definition) is 14. The first-order chi connectivity index (χ1) is 46.4. The number of rotatable bonds is 16. The average molecular weight is 1310 g/mol. The number of carbonyl (C=O) groups excluding carboxylic acids is 5. The number of aromatic nitrogens is 4. The number of benzene rings is 4. The van der Waals surface area contributed by atoms with Crippen LogP contribution in [0.15, 0.2) is 144 Å². The number of aryl methyl sites for hydroxylation is 2. The molecule has 14 rings (SSSR count). The number of nitrogens with zero attached hydrogens (tertiary/aromatic N) is 8. The van der Waals surface area contributed by atoms with Crippen molar-refractivity contribution in [1.29, 1.82) is 0 Å². The molecule has 24 heteroatoms. The van der Waals surface area contributed by atoms with Crippen LogP contribution in [0, 0.1) is 0 Å². The van der Waals surface area contributed by atoms with Crippen LogP contribution in [0.1, 0.15) is 105 Å². The first-order valence-corrected chi connectivity index (χ1v) is 31.8. The van der Waals surface area contributed by atoms with Gasteiger partial charge in [-0.3, -0.25) is 33.6 Å². The number of hydrogen-bond donors (Lipinski definition) is 3. The molecule has 2 aliphatic carbocycles. The van der Waals surface area contributed by atoms with E-state index in [1.165, 1.54) is 21.5 Å². The third kappa shape index (κ3) is 12.3. The van der Waals surface area contributed by atoms with Gasteiger partial charge >= 0.3 is 0 Å². The summed E-state index contributed by atoms with van der Waals surface area (Å²) in [5.74, 6) is -0.119. The summed E-state index contributed by atoms with van der Waals surface area (Å²) in [5, 5.41) is 16.7. The van der Waals surface area contributed by atoms with Crippen molar-refractivity contribution in [3.8, 4) is 22.3 Å². The Morgan fingerprint density at radius 2 is 1.00 bits per heavy atom. The van der Waals surface area contributed by atoms with E-state index in [1.54, 1.807) is 149 Å². The van der Waals surface area contributed by atoms with Crippen molar-refractivity contribution in [2.24, 2.45) is 14.1 Å². The summed E-state index contributed by atoms with van der Waals surface area (Å²) in [6.45, 7) is 4.25. The Kier molecular flexibility index (Phi) is 17.9. The molecule has 0 unspecified atom stereocenters. The van der Waals surface area contributed by atoms with Crippen LogP contribution in [0.5, 0.6) is 0 Å². The number of alkyl halides is 4. The number of nitrogens with one attached hydrogen (secondary N) is 2. The summed E-state index contributed by atoms with van der Waals surface area (Å²) < 4.78 is 68.5. The van der Waals surface area contributed by atoms with Crippen LogP contribution >= 0.6 is 0 Å². The third-order valence-corrected chi connectivity index (χ3v) is 19.2. The number of aldehydes is 1. The lowest BCUT2D eigenvalue weighted by Crippen LogP contribution is -2.40. The molecule has 2 saturated carbocycles. The zero-order valence-corrected chi connectivity index (χ0v) is 52.7. The van der Waals surface area contributed by atoms with Crippen LogP contribution in [-0.4, -0.2) is 142 Å². The van der Waals surface area contributed by atoms with E-state index < -0.39 is 23.7 Å². The van der Waals surface area contributed by atoms with E-state index in [4.69, 9.17) is 9.47 Å². The topological polar surface area (TPSA) is 231 Å². The van der Waals surface area contributed by atoms with Gasteiger partial charge < -0.3 is 53.9 Å². The van der Waals surface area contributed by atoms with Gasteiger partial charge in [0.15, 0.2) is 6.29 Å². The van der Waals surface area contributed by atoms with Gasteiger partial charge in [-0.2, -0.15) is 0 Å². The van der Waals surface area contributed by atoms with Crippen LogP contribution in [-0.2, 0) is 53.8 Å². The van der Waals surface area contributed by atoms with Crippen molar-refractivity contribution in [2.75, 3.05) is 86.1 Å². The van der Waals surface area contributed by atoms with E-state index in [-0.39, 0.29) is 64.8 Å². The largest absolute Gasteiger partial charge is 0.392 e. The van der Waals surface area contributed by atoms with Crippen molar-refractivity contribution < 1.29 is 56.1 Å². The van der Waals surface area contributed by atoms with Gasteiger partial charge in [0, 0.05) is 112 Å². The van der Waals surface area contributed by atoms with Crippen molar-refractivity contribution in [3.63, 3.8) is 0 Å². The molecule has 4 fully saturated rings. The van der Waals surface area contributed by atoms with Gasteiger partial charge in [0.2, 0.25) is 12.9 Å². The molecule has 0 bridgehead atoms. The zero-order chi connectivity index (χ0) is 67.2. The minimum Gasteiger partial charge on any atom is -0.392 e. The fourth-order valence-corrected chi connectivity index (χ4v) is 13.3. The number of ether oxygens (including phenoxy) is 2. The number of halogens is 4. The number of carbonyl (C=O) groups is 5. The zero-order valence-electron chi connectivity index (χ0n) is 52.7. The lowest BCUT2D eigenvalue weighted by molar-refractivity contribution is 0.0301. The molecule has 6 aliphatic rings. The Hall–Kier alpha value is -10.2. The molecule has 20 nitrogen and oxygen atoms in total. The molecule has 0 spiro atoms. The molecule has 494 valence electrons. The Labute approximate surface area is 548 Å². The number of fused-ring (bicyclic) bond motifs is 2. The Bertz CT molecular complexity index is 4500. The highest BCUT2D eigenvalue weighted by atomic mass is 19.3. The summed E-state index contributed by atoms with van der Waals surface area (Å²) in [6.07, 6.45) is 4.69. The second-order valence-electron chi connectivity index (χ2n) is 24.9. The average Bonchev–Trinajstić information content (AvgIpc) is 1.55. The minimum absolute atomic E-state index is 0.134. The van der Waals surface area contributed by atoms with Crippen molar-refractivity contribution in [2.45, 2.75) is 68.8 Å². The lowest BCUT2D eigenvalue weighted by atomic mass is 9.89. The molecule has 4 amide bonds. The number of morpholine rings is 2. The molecule has 8 aromatic rings. The number of aliphatic hydroxyl groups is 1. The summed E-state index contributed by atoms with van der Waals surface area (Å²) in [4.78, 5) is 107. The maximum atomic E-state index is 13.8. The smallest absolute Gasteiger partial charge is 0.274 e. The number of aliphatic hydroxyl groups excluding tert-OH is 1. The second-order valence-corrected chi connectivity index (χ2v) is 24.9. The van der Waals surface area contributed by atoms with Crippen molar-refractivity contribution in [3.05, 3.63) is 210 Å². The van der Waals surface area contributed by atoms with E-state index in [9.17, 15) is 56.2 Å². The summed E-state index contributed by atoms with van der Waals surface area (Å²) in [7, 11) is 3.22. The highest BCUT2D eigenvalue weighted by Gasteiger charge is 2.54. The Morgan fingerprint density at radius 3 is 1.42 bits per heavy atom. The standard InChI is InChI=1S/C36H35F2N5O5.C36H33F2N5O5/c2*1-41-20-24(18-29(34(41)47)40-31-8-5-23(19-39-31)32(45)42-13-15-48-16-14-42)26-3-2-4-30(28(26)21-44)43-12-9-22-17-25(6-7-27(22)33(43)46)36(10-11-36)35(37)38/h2-8,17-20,35,44H,9-16,21H2,1H3,(H,39,40);2-8,17-21,35H,9-16H2,1H3,(H,39,40). The van der Waals surface area contributed by atoms with Gasteiger partial charge in [-0.1, -0.05) is 48.5 Å². The lowest BCUT2D eigenvalue weighted by Gasteiger charge is -2.31. The van der Waals surface area contributed by atoms with Gasteiger partial charge in [0.1, 0.15) is 23.0 Å². The van der Waals surface area contributed by atoms with E-state index in [0.29, 0.717) is 188 Å². The molecule has 8 heterocycles. The molecule has 2 saturated heterocycles. The van der Waals surface area contributed by atoms with Gasteiger partial charge in [0.05, 0.1) is 66.4 Å². The first kappa shape index (κ1) is 64.5.